The van der Waals surface area contributed by atoms with Gasteiger partial charge in [0.05, 0.1) is 0 Å². The van der Waals surface area contributed by atoms with Gasteiger partial charge in [-0.05, 0) is 84.5 Å². The number of allylic oxidation sites excluding steroid dienone is 2. The fraction of sp³-hybridized carbons (Fsp3) is 0.467. The second-order valence-electron chi connectivity index (χ2n) is 12.4. The zero-order valence-electron chi connectivity index (χ0n) is 23.3. The number of hydrogen-bond donors (Lipinski definition) is 0. The standard InChI is InChI=1S/C30H46O2Si2/c1-13-15-23-17-19-27(31-33(9,10)29(3,4)5)25(21-23)26-22-24(16-14-2)18-20-28(26)32-34(11,12)30(6,7)8/h13-14,17-22H,1-2,15-16H2,3-12H3. The Hall–Kier alpha value is -2.05. The van der Waals surface area contributed by atoms with Gasteiger partial charge >= 0.3 is 0 Å². The molecule has 0 atom stereocenters. The Morgan fingerprint density at radius 3 is 1.24 bits per heavy atom. The number of hydrogen-bond acceptors (Lipinski definition) is 2. The van der Waals surface area contributed by atoms with Gasteiger partial charge in [-0.2, -0.15) is 0 Å². The molecule has 0 aromatic heterocycles. The van der Waals surface area contributed by atoms with E-state index in [1.165, 1.54) is 11.1 Å². The van der Waals surface area contributed by atoms with Crippen LogP contribution in [0.3, 0.4) is 0 Å². The second-order valence-corrected chi connectivity index (χ2v) is 21.8. The molecule has 0 aliphatic rings. The lowest BCUT2D eigenvalue weighted by atomic mass is 9.97. The highest BCUT2D eigenvalue weighted by Gasteiger charge is 2.41. The van der Waals surface area contributed by atoms with Crippen molar-refractivity contribution in [1.29, 1.82) is 0 Å². The maximum absolute atomic E-state index is 6.89. The van der Waals surface area contributed by atoms with Crippen molar-refractivity contribution >= 4 is 16.6 Å². The molecule has 4 heteroatoms. The fourth-order valence-corrected chi connectivity index (χ4v) is 5.26. The van der Waals surface area contributed by atoms with Gasteiger partial charge in [0.15, 0.2) is 0 Å². The highest BCUT2D eigenvalue weighted by atomic mass is 28.4. The molecule has 2 aromatic carbocycles. The van der Waals surface area contributed by atoms with Gasteiger partial charge in [0, 0.05) is 11.1 Å². The molecule has 0 heterocycles. The fourth-order valence-electron chi connectivity index (χ4n) is 3.20. The molecule has 0 aliphatic heterocycles. The molecule has 2 aromatic rings. The molecule has 0 saturated heterocycles. The van der Waals surface area contributed by atoms with E-state index in [4.69, 9.17) is 8.85 Å². The SMILES string of the molecule is C=CCc1ccc(O[Si](C)(C)C(C)(C)C)c(-c2cc(CC=C)ccc2O[Si](C)(C)C(C)(C)C)c1. The summed E-state index contributed by atoms with van der Waals surface area (Å²) in [6, 6.07) is 13.1. The van der Waals surface area contributed by atoms with Crippen LogP contribution in [0.25, 0.3) is 11.1 Å². The maximum Gasteiger partial charge on any atom is 0.250 e. The van der Waals surface area contributed by atoms with Crippen molar-refractivity contribution in [3.63, 3.8) is 0 Å². The van der Waals surface area contributed by atoms with E-state index >= 15 is 0 Å². The van der Waals surface area contributed by atoms with Gasteiger partial charge in [-0.25, -0.2) is 0 Å². The molecule has 0 spiro atoms. The minimum absolute atomic E-state index is 0.106. The van der Waals surface area contributed by atoms with Crippen molar-refractivity contribution in [1.82, 2.24) is 0 Å². The topological polar surface area (TPSA) is 18.5 Å². The average Bonchev–Trinajstić information content (AvgIpc) is 2.68. The number of benzene rings is 2. The Balaban J connectivity index is 2.77. The van der Waals surface area contributed by atoms with E-state index in [0.29, 0.717) is 0 Å². The first-order chi connectivity index (χ1) is 15.5. The molecule has 0 unspecified atom stereocenters. The largest absolute Gasteiger partial charge is 0.543 e. The Bertz CT molecular complexity index is 938. The van der Waals surface area contributed by atoms with Crippen LogP contribution in [-0.4, -0.2) is 16.6 Å². The van der Waals surface area contributed by atoms with Crippen LogP contribution in [0.15, 0.2) is 61.7 Å². The predicted molar refractivity (Wildman–Crippen MR) is 155 cm³/mol. The van der Waals surface area contributed by atoms with Gasteiger partial charge in [-0.3, -0.25) is 0 Å². The van der Waals surface area contributed by atoms with Crippen molar-refractivity contribution < 1.29 is 8.85 Å². The van der Waals surface area contributed by atoms with E-state index in [9.17, 15) is 0 Å². The first kappa shape index (κ1) is 28.2. The molecule has 0 radical (unpaired) electrons. The maximum atomic E-state index is 6.89. The first-order valence-corrected chi connectivity index (χ1v) is 18.2. The zero-order valence-corrected chi connectivity index (χ0v) is 25.3. The van der Waals surface area contributed by atoms with Crippen LogP contribution in [0, 0.1) is 0 Å². The lowest BCUT2D eigenvalue weighted by Gasteiger charge is -2.38. The molecule has 0 aliphatic carbocycles. The Morgan fingerprint density at radius 1 is 0.647 bits per heavy atom. The molecule has 0 amide bonds. The molecule has 2 rings (SSSR count). The normalized spacial score (nSPS) is 12.9. The molecular formula is C30H46O2Si2. The molecule has 186 valence electrons. The highest BCUT2D eigenvalue weighted by Crippen LogP contribution is 2.45. The van der Waals surface area contributed by atoms with Crippen LogP contribution in [-0.2, 0) is 12.8 Å². The van der Waals surface area contributed by atoms with Gasteiger partial charge in [0.2, 0.25) is 0 Å². The van der Waals surface area contributed by atoms with Crippen LogP contribution >= 0.6 is 0 Å². The summed E-state index contributed by atoms with van der Waals surface area (Å²) in [6.07, 6.45) is 5.54. The second kappa shape index (κ2) is 10.3. The third-order valence-corrected chi connectivity index (χ3v) is 16.2. The van der Waals surface area contributed by atoms with E-state index in [2.05, 4.69) is 117 Å². The third kappa shape index (κ3) is 6.54. The van der Waals surface area contributed by atoms with E-state index in [1.807, 2.05) is 12.2 Å². The van der Waals surface area contributed by atoms with Crippen LogP contribution in [0.4, 0.5) is 0 Å². The summed E-state index contributed by atoms with van der Waals surface area (Å²) in [5.41, 5.74) is 4.65. The summed E-state index contributed by atoms with van der Waals surface area (Å²) in [4.78, 5) is 0. The summed E-state index contributed by atoms with van der Waals surface area (Å²) in [5.74, 6) is 1.88. The van der Waals surface area contributed by atoms with Crippen molar-refractivity contribution in [2.45, 2.75) is 90.6 Å². The zero-order chi connectivity index (χ0) is 25.9. The van der Waals surface area contributed by atoms with Crippen molar-refractivity contribution in [3.8, 4) is 22.6 Å². The average molecular weight is 495 g/mol. The van der Waals surface area contributed by atoms with Gasteiger partial charge in [0.1, 0.15) is 11.5 Å². The monoisotopic (exact) mass is 494 g/mol. The smallest absolute Gasteiger partial charge is 0.250 e. The van der Waals surface area contributed by atoms with Crippen LogP contribution in [0.2, 0.25) is 36.3 Å². The Morgan fingerprint density at radius 2 is 0.971 bits per heavy atom. The van der Waals surface area contributed by atoms with Crippen LogP contribution in [0.1, 0.15) is 52.7 Å². The molecule has 2 nitrogen and oxygen atoms in total. The highest BCUT2D eigenvalue weighted by molar-refractivity contribution is 6.75. The Labute approximate surface area is 211 Å². The number of rotatable bonds is 9. The van der Waals surface area contributed by atoms with E-state index in [1.54, 1.807) is 0 Å². The predicted octanol–water partition coefficient (Wildman–Crippen LogP) is 9.58. The molecule has 0 fully saturated rings. The summed E-state index contributed by atoms with van der Waals surface area (Å²) >= 11 is 0. The lowest BCUT2D eigenvalue weighted by Crippen LogP contribution is -2.44. The molecular weight excluding hydrogens is 449 g/mol. The lowest BCUT2D eigenvalue weighted by molar-refractivity contribution is 0.488. The Kier molecular flexibility index (Phi) is 8.53. The molecule has 0 N–H and O–H groups in total. The summed E-state index contributed by atoms with van der Waals surface area (Å²) in [7, 11) is -4.07. The van der Waals surface area contributed by atoms with Gasteiger partial charge in [-0.1, -0.05) is 65.8 Å². The minimum Gasteiger partial charge on any atom is -0.543 e. The van der Waals surface area contributed by atoms with Crippen LogP contribution in [0.5, 0.6) is 11.5 Å². The van der Waals surface area contributed by atoms with Crippen molar-refractivity contribution in [2.24, 2.45) is 0 Å². The van der Waals surface area contributed by atoms with Gasteiger partial charge in [0.25, 0.3) is 16.6 Å². The molecule has 34 heavy (non-hydrogen) atoms. The van der Waals surface area contributed by atoms with Crippen LogP contribution < -0.4 is 8.85 Å². The third-order valence-electron chi connectivity index (χ3n) is 7.48. The van der Waals surface area contributed by atoms with Gasteiger partial charge < -0.3 is 8.85 Å². The van der Waals surface area contributed by atoms with E-state index in [-0.39, 0.29) is 10.1 Å². The summed E-state index contributed by atoms with van der Waals surface area (Å²) in [6.45, 7) is 30.8. The summed E-state index contributed by atoms with van der Waals surface area (Å²) in [5, 5.41) is 0.213. The first-order valence-electron chi connectivity index (χ1n) is 12.4. The minimum atomic E-state index is -2.04. The van der Waals surface area contributed by atoms with Crippen molar-refractivity contribution in [2.75, 3.05) is 0 Å². The quantitative estimate of drug-likeness (QED) is 0.255. The van der Waals surface area contributed by atoms with E-state index < -0.39 is 16.6 Å². The molecule has 0 saturated carbocycles. The van der Waals surface area contributed by atoms with E-state index in [0.717, 1.165) is 35.5 Å². The van der Waals surface area contributed by atoms with Gasteiger partial charge in [-0.15, -0.1) is 13.2 Å². The van der Waals surface area contributed by atoms with Crippen molar-refractivity contribution in [3.05, 3.63) is 72.8 Å². The molecule has 0 bridgehead atoms. The summed E-state index contributed by atoms with van der Waals surface area (Å²) < 4.78 is 13.8.